The minimum Gasteiger partial charge on any atom is -0.444 e. The first-order chi connectivity index (χ1) is 20.8. The second-order valence-electron chi connectivity index (χ2n) is 13.7. The molecule has 230 valence electrons. The van der Waals surface area contributed by atoms with Gasteiger partial charge in [0.2, 0.25) is 0 Å². The average Bonchev–Trinajstić information content (AvgIpc) is 3.68. The summed E-state index contributed by atoms with van der Waals surface area (Å²) in [4.78, 5) is 39.3. The van der Waals surface area contributed by atoms with Gasteiger partial charge in [-0.3, -0.25) is 9.88 Å². The second-order valence-corrected chi connectivity index (χ2v) is 13.7. The summed E-state index contributed by atoms with van der Waals surface area (Å²) in [6, 6.07) is 15.8. The van der Waals surface area contributed by atoms with Crippen LogP contribution in [0.25, 0.3) is 16.9 Å². The van der Waals surface area contributed by atoms with Gasteiger partial charge >= 0.3 is 12.2 Å². The maximum absolute atomic E-state index is 13.9. The molecule has 1 aliphatic heterocycles. The number of hydrogen-bond donors (Lipinski definition) is 0. The number of carbonyl (C=O) groups excluding carboxylic acids is 2. The normalized spacial score (nSPS) is 15.6. The first kappa shape index (κ1) is 29.6. The summed E-state index contributed by atoms with van der Waals surface area (Å²) in [5, 5.41) is 4.71. The van der Waals surface area contributed by atoms with Gasteiger partial charge in [0, 0.05) is 42.4 Å². The van der Waals surface area contributed by atoms with E-state index >= 15 is 0 Å². The summed E-state index contributed by atoms with van der Waals surface area (Å²) in [7, 11) is 0. The molecule has 0 radical (unpaired) electrons. The number of nitrogens with zero attached hydrogens (tertiary/aromatic N) is 6. The lowest BCUT2D eigenvalue weighted by Gasteiger charge is -2.39. The molecule has 2 aliphatic rings. The van der Waals surface area contributed by atoms with Crippen LogP contribution in [0.1, 0.15) is 83.0 Å². The third-order valence-corrected chi connectivity index (χ3v) is 7.61. The summed E-state index contributed by atoms with van der Waals surface area (Å²) in [6.07, 6.45) is 5.03. The smallest absolute Gasteiger partial charge is 0.416 e. The van der Waals surface area contributed by atoms with E-state index in [4.69, 9.17) is 19.6 Å². The van der Waals surface area contributed by atoms with E-state index in [2.05, 4.69) is 4.98 Å². The number of fused-ring (bicyclic) bond motifs is 1. The number of aromatic nitrogens is 4. The Morgan fingerprint density at radius 3 is 2.25 bits per heavy atom. The fourth-order valence-electron chi connectivity index (χ4n) is 5.26. The third-order valence-electron chi connectivity index (χ3n) is 7.61. The molecule has 6 rings (SSSR count). The molecule has 4 aromatic rings. The number of pyridine rings is 1. The van der Waals surface area contributed by atoms with Crippen molar-refractivity contribution in [3.8, 4) is 11.3 Å². The fraction of sp³-hybridized carbons (Fsp3) is 0.441. The highest BCUT2D eigenvalue weighted by Gasteiger charge is 2.38. The van der Waals surface area contributed by atoms with Crippen molar-refractivity contribution in [2.75, 3.05) is 18.0 Å². The van der Waals surface area contributed by atoms with E-state index in [9.17, 15) is 9.59 Å². The van der Waals surface area contributed by atoms with Gasteiger partial charge in [-0.05, 0) is 78.0 Å². The number of anilines is 1. The Balaban J connectivity index is 1.35. The molecule has 1 aromatic carbocycles. The van der Waals surface area contributed by atoms with Crippen LogP contribution in [0.15, 0.2) is 60.9 Å². The highest BCUT2D eigenvalue weighted by atomic mass is 16.6. The van der Waals surface area contributed by atoms with Crippen molar-refractivity contribution < 1.29 is 19.1 Å². The number of hydrogen-bond acceptors (Lipinski definition) is 7. The van der Waals surface area contributed by atoms with Gasteiger partial charge in [-0.1, -0.05) is 30.3 Å². The topological polar surface area (TPSA) is 102 Å². The second kappa shape index (κ2) is 11.2. The van der Waals surface area contributed by atoms with Crippen molar-refractivity contribution in [1.29, 1.82) is 0 Å². The third kappa shape index (κ3) is 6.54. The van der Waals surface area contributed by atoms with Crippen molar-refractivity contribution in [3.05, 3.63) is 77.7 Å². The van der Waals surface area contributed by atoms with Crippen molar-refractivity contribution in [3.63, 3.8) is 0 Å². The summed E-state index contributed by atoms with van der Waals surface area (Å²) in [6.45, 7) is 12.4. The lowest BCUT2D eigenvalue weighted by atomic mass is 9.96. The van der Waals surface area contributed by atoms with E-state index < -0.39 is 17.3 Å². The lowest BCUT2D eigenvalue weighted by molar-refractivity contribution is 0.00788. The van der Waals surface area contributed by atoms with Crippen LogP contribution in [0.3, 0.4) is 0 Å². The molecule has 3 aromatic heterocycles. The highest BCUT2D eigenvalue weighted by molar-refractivity contribution is 5.87. The van der Waals surface area contributed by atoms with Crippen LogP contribution in [0.2, 0.25) is 0 Å². The molecule has 0 unspecified atom stereocenters. The summed E-state index contributed by atoms with van der Waals surface area (Å²) in [5.74, 6) is 0.999. The molecule has 0 spiro atoms. The number of likely N-dealkylation sites (tertiary alicyclic amines) is 1. The minimum atomic E-state index is -0.696. The molecular weight excluding hydrogens is 556 g/mol. The Kier molecular flexibility index (Phi) is 7.55. The Bertz CT molecular complexity index is 1660. The van der Waals surface area contributed by atoms with Gasteiger partial charge in [-0.25, -0.2) is 14.6 Å². The van der Waals surface area contributed by atoms with Crippen LogP contribution in [-0.2, 0) is 16.0 Å². The quantitative estimate of drug-likeness (QED) is 0.237. The van der Waals surface area contributed by atoms with Crippen LogP contribution in [0.5, 0.6) is 0 Å². The van der Waals surface area contributed by atoms with Gasteiger partial charge in [-0.15, -0.1) is 0 Å². The molecule has 0 N–H and O–H groups in total. The van der Waals surface area contributed by atoms with Gasteiger partial charge in [0.05, 0.1) is 24.1 Å². The molecule has 1 saturated heterocycles. The molecule has 10 heteroatoms. The molecule has 2 fully saturated rings. The van der Waals surface area contributed by atoms with Crippen LogP contribution < -0.4 is 4.90 Å². The Hall–Kier alpha value is -4.47. The van der Waals surface area contributed by atoms with E-state index in [1.807, 2.05) is 96.3 Å². The van der Waals surface area contributed by atoms with Crippen molar-refractivity contribution in [2.24, 2.45) is 0 Å². The summed E-state index contributed by atoms with van der Waals surface area (Å²) in [5.41, 5.74) is 4.19. The molecule has 10 nitrogen and oxygen atoms in total. The first-order valence-corrected chi connectivity index (χ1v) is 15.2. The predicted molar refractivity (Wildman–Crippen MR) is 168 cm³/mol. The molecule has 1 aliphatic carbocycles. The van der Waals surface area contributed by atoms with E-state index in [1.54, 1.807) is 20.5 Å². The molecule has 2 amide bonds. The number of amides is 2. The first-order valence-electron chi connectivity index (χ1n) is 15.2. The Morgan fingerprint density at radius 2 is 1.64 bits per heavy atom. The fourth-order valence-corrected chi connectivity index (χ4v) is 5.26. The van der Waals surface area contributed by atoms with E-state index in [1.165, 1.54) is 0 Å². The van der Waals surface area contributed by atoms with Crippen molar-refractivity contribution >= 4 is 23.7 Å². The molecule has 44 heavy (non-hydrogen) atoms. The maximum Gasteiger partial charge on any atom is 0.416 e. The Morgan fingerprint density at radius 1 is 0.932 bits per heavy atom. The maximum atomic E-state index is 13.9. The van der Waals surface area contributed by atoms with Crippen LogP contribution >= 0.6 is 0 Å². The highest BCUT2D eigenvalue weighted by Crippen LogP contribution is 2.43. The molecule has 0 bridgehead atoms. The molecule has 1 saturated carbocycles. The van der Waals surface area contributed by atoms with Crippen LogP contribution in [0, 0.1) is 0 Å². The molecular formula is C34H40N6O4. The largest absolute Gasteiger partial charge is 0.444 e. The van der Waals surface area contributed by atoms with E-state index in [0.717, 1.165) is 46.6 Å². The van der Waals surface area contributed by atoms with Gasteiger partial charge in [0.1, 0.15) is 17.0 Å². The van der Waals surface area contributed by atoms with E-state index in [-0.39, 0.29) is 18.6 Å². The van der Waals surface area contributed by atoms with E-state index in [0.29, 0.717) is 24.8 Å². The number of carbonyl (C=O) groups is 2. The van der Waals surface area contributed by atoms with Crippen molar-refractivity contribution in [1.82, 2.24) is 24.5 Å². The van der Waals surface area contributed by atoms with Gasteiger partial charge in [0.25, 0.3) is 0 Å². The number of benzene rings is 1. The molecule has 4 heterocycles. The Labute approximate surface area is 258 Å². The average molecular weight is 597 g/mol. The SMILES string of the molecule is CC(C)(C)OC(=O)N1CC(c2cc(N(Cc3ccc(-c4ccccn4)cc3)C(=O)OC(C)(C)C)n3ncc(C4CC4)c3n2)C1. The van der Waals surface area contributed by atoms with Crippen LogP contribution in [0.4, 0.5) is 15.4 Å². The standard InChI is InChI=1S/C34H40N6O4/c1-33(2,3)43-31(41)38-20-25(21-38)28-17-29(40-30(37-28)26(18-36-40)23-14-15-23)39(32(42)44-34(4,5)6)19-22-10-12-24(13-11-22)27-9-7-8-16-35-27/h7-13,16-18,23,25H,14-15,19-21H2,1-6H3. The zero-order valence-corrected chi connectivity index (χ0v) is 26.3. The zero-order valence-electron chi connectivity index (χ0n) is 26.3. The number of rotatable bonds is 6. The van der Waals surface area contributed by atoms with Gasteiger partial charge in [0.15, 0.2) is 5.65 Å². The van der Waals surface area contributed by atoms with Crippen LogP contribution in [-0.4, -0.2) is 61.0 Å². The zero-order chi connectivity index (χ0) is 31.2. The molecule has 0 atom stereocenters. The lowest BCUT2D eigenvalue weighted by Crippen LogP contribution is -2.50. The summed E-state index contributed by atoms with van der Waals surface area (Å²) >= 11 is 0. The number of ether oxygens (including phenoxy) is 2. The van der Waals surface area contributed by atoms with Gasteiger partial charge < -0.3 is 14.4 Å². The van der Waals surface area contributed by atoms with Crippen molar-refractivity contribution in [2.45, 2.75) is 84.0 Å². The summed E-state index contributed by atoms with van der Waals surface area (Å²) < 4.78 is 13.2. The monoisotopic (exact) mass is 596 g/mol. The van der Waals surface area contributed by atoms with Gasteiger partial charge in [-0.2, -0.15) is 9.61 Å². The predicted octanol–water partition coefficient (Wildman–Crippen LogP) is 6.94. The minimum absolute atomic E-state index is 0.00589.